The molecule has 217 valence electrons. The number of aromatic nitrogens is 4. The molecule has 0 N–H and O–H groups in total. The van der Waals surface area contributed by atoms with E-state index in [1.807, 2.05) is 47.3 Å². The number of hydrogen-bond donors (Lipinski definition) is 0. The molecular formula is C40H27GeN4O. The Hall–Kier alpha value is -5.66. The zero-order valence-corrected chi connectivity index (χ0v) is 26.9. The van der Waals surface area contributed by atoms with Crippen molar-refractivity contribution in [2.24, 2.45) is 0 Å². The average Bonchev–Trinajstić information content (AvgIpc) is 3.81. The predicted octanol–water partition coefficient (Wildman–Crippen LogP) is 8.00. The normalized spacial score (nSPS) is 12.6. The van der Waals surface area contributed by atoms with Gasteiger partial charge in [0.1, 0.15) is 0 Å². The van der Waals surface area contributed by atoms with Gasteiger partial charge >= 0.3 is 218 Å². The average molecular weight is 652 g/mol. The van der Waals surface area contributed by atoms with Gasteiger partial charge in [-0.2, -0.15) is 0 Å². The van der Waals surface area contributed by atoms with E-state index in [1.165, 1.54) is 31.0 Å². The molecule has 0 saturated carbocycles. The molecule has 6 heteroatoms. The van der Waals surface area contributed by atoms with E-state index in [2.05, 4.69) is 130 Å². The summed E-state index contributed by atoms with van der Waals surface area (Å²) < 4.78 is 13.3. The molecule has 0 bridgehead atoms. The number of benzene rings is 5. The van der Waals surface area contributed by atoms with Crippen molar-refractivity contribution in [2.75, 3.05) is 0 Å². The van der Waals surface area contributed by atoms with Crippen LogP contribution in [-0.4, -0.2) is 33.7 Å². The first-order chi connectivity index (χ1) is 22.8. The number of hydrogen-bond acceptors (Lipinski definition) is 3. The third-order valence-electron chi connectivity index (χ3n) is 8.57. The van der Waals surface area contributed by atoms with Crippen LogP contribution < -0.4 is 13.7 Å². The van der Waals surface area contributed by atoms with Crippen LogP contribution in [0.15, 0.2) is 157 Å². The molecule has 5 aromatic carbocycles. The minimum atomic E-state index is -1.98. The second kappa shape index (κ2) is 11.1. The number of fused-ring (bicyclic) bond motifs is 4. The second-order valence-electron chi connectivity index (χ2n) is 11.4. The van der Waals surface area contributed by atoms with Crippen molar-refractivity contribution in [3.05, 3.63) is 162 Å². The second-order valence-corrected chi connectivity index (χ2v) is 15.9. The Balaban J connectivity index is 1.05. The van der Waals surface area contributed by atoms with Crippen LogP contribution >= 0.6 is 0 Å². The summed E-state index contributed by atoms with van der Waals surface area (Å²) >= 11 is -1.98. The molecule has 0 unspecified atom stereocenters. The quantitative estimate of drug-likeness (QED) is 0.171. The summed E-state index contributed by atoms with van der Waals surface area (Å²) in [6, 6.07) is 48.3. The van der Waals surface area contributed by atoms with Crippen LogP contribution in [0.3, 0.4) is 0 Å². The standard InChI is InChI=1S/C40H27GeN4O/c1-2-11-28(12-3-1)33-15-4-6-17-36(33)41-23-22-29-27-44(43-40(29)41)30-13-10-14-31(25-30)46-32-20-21-35-34-16-5-7-18-37(34)45(38(35)26-32)39-19-8-9-24-42-39/h1-27H. The van der Waals surface area contributed by atoms with E-state index in [1.54, 1.807) is 0 Å². The Morgan fingerprint density at radius 2 is 1.43 bits per heavy atom. The summed E-state index contributed by atoms with van der Waals surface area (Å²) in [6.07, 6.45) is 6.23. The van der Waals surface area contributed by atoms with Crippen molar-refractivity contribution < 1.29 is 4.74 Å². The SMILES string of the molecule is C1=[CH][Ge]([c]2ccccc2-c2ccccc2)[c]2nn(-c3cccc(Oc4ccc5c6ccccc6n(-c6ccccn6)c5c4)c3)cc21. The van der Waals surface area contributed by atoms with Gasteiger partial charge in [0.2, 0.25) is 0 Å². The summed E-state index contributed by atoms with van der Waals surface area (Å²) in [4.78, 5) is 7.08. The molecule has 1 aliphatic rings. The number of para-hydroxylation sites is 1. The van der Waals surface area contributed by atoms with Crippen molar-refractivity contribution >= 4 is 51.2 Å². The molecule has 0 amide bonds. The van der Waals surface area contributed by atoms with E-state index in [4.69, 9.17) is 9.84 Å². The van der Waals surface area contributed by atoms with Gasteiger partial charge in [-0.3, -0.25) is 0 Å². The van der Waals surface area contributed by atoms with Gasteiger partial charge in [-0.25, -0.2) is 4.98 Å². The van der Waals surface area contributed by atoms with E-state index >= 15 is 0 Å². The molecule has 9 rings (SSSR count). The molecule has 5 nitrogen and oxygen atoms in total. The minimum absolute atomic E-state index is 0.759. The maximum atomic E-state index is 6.49. The van der Waals surface area contributed by atoms with E-state index < -0.39 is 14.3 Å². The van der Waals surface area contributed by atoms with Gasteiger partial charge in [-0.05, 0) is 18.2 Å². The van der Waals surface area contributed by atoms with Crippen LogP contribution in [0.1, 0.15) is 5.56 Å². The molecule has 0 spiro atoms. The van der Waals surface area contributed by atoms with Crippen LogP contribution in [0, 0.1) is 0 Å². The Kier molecular flexibility index (Phi) is 6.42. The zero-order chi connectivity index (χ0) is 30.5. The Bertz CT molecular complexity index is 2410. The van der Waals surface area contributed by atoms with Crippen LogP contribution in [0.5, 0.6) is 11.5 Å². The van der Waals surface area contributed by atoms with Gasteiger partial charge in [0.25, 0.3) is 0 Å². The van der Waals surface area contributed by atoms with Gasteiger partial charge in [0, 0.05) is 6.20 Å². The number of pyridine rings is 1. The third kappa shape index (κ3) is 4.56. The summed E-state index contributed by atoms with van der Waals surface area (Å²) in [6.45, 7) is 0. The molecule has 4 heterocycles. The van der Waals surface area contributed by atoms with E-state index in [-0.39, 0.29) is 0 Å². The molecule has 46 heavy (non-hydrogen) atoms. The van der Waals surface area contributed by atoms with Crippen molar-refractivity contribution in [3.8, 4) is 34.1 Å². The molecule has 0 atom stereocenters. The fourth-order valence-electron chi connectivity index (χ4n) is 6.48. The van der Waals surface area contributed by atoms with Gasteiger partial charge in [0.15, 0.2) is 0 Å². The predicted molar refractivity (Wildman–Crippen MR) is 188 cm³/mol. The van der Waals surface area contributed by atoms with Crippen molar-refractivity contribution in [3.63, 3.8) is 0 Å². The Labute approximate surface area is 270 Å². The van der Waals surface area contributed by atoms with Crippen molar-refractivity contribution in [1.29, 1.82) is 0 Å². The topological polar surface area (TPSA) is 44.9 Å². The monoisotopic (exact) mass is 653 g/mol. The summed E-state index contributed by atoms with van der Waals surface area (Å²) in [5, 5.41) is 7.52. The summed E-state index contributed by atoms with van der Waals surface area (Å²) in [5.74, 6) is 2.40. The summed E-state index contributed by atoms with van der Waals surface area (Å²) in [7, 11) is 0. The zero-order valence-electron chi connectivity index (χ0n) is 24.8. The third-order valence-corrected chi connectivity index (χ3v) is 13.6. The van der Waals surface area contributed by atoms with Crippen LogP contribution in [0.4, 0.5) is 0 Å². The Morgan fingerprint density at radius 1 is 0.630 bits per heavy atom. The fraction of sp³-hybridized carbons (Fsp3) is 0. The van der Waals surface area contributed by atoms with Crippen LogP contribution in [-0.2, 0) is 0 Å². The molecule has 0 aliphatic carbocycles. The number of nitrogens with zero attached hydrogens (tertiary/aromatic N) is 4. The van der Waals surface area contributed by atoms with Crippen molar-refractivity contribution in [1.82, 2.24) is 19.3 Å². The van der Waals surface area contributed by atoms with Gasteiger partial charge in [0.05, 0.1) is 0 Å². The van der Waals surface area contributed by atoms with E-state index in [0.717, 1.165) is 39.4 Å². The first-order valence-electron chi connectivity index (χ1n) is 15.3. The first kappa shape index (κ1) is 26.7. The summed E-state index contributed by atoms with van der Waals surface area (Å²) in [5.41, 5.74) is 6.90. The maximum absolute atomic E-state index is 6.49. The molecule has 3 aromatic heterocycles. The molecule has 1 aliphatic heterocycles. The van der Waals surface area contributed by atoms with Gasteiger partial charge in [-0.1, -0.05) is 24.3 Å². The Morgan fingerprint density at radius 3 is 2.35 bits per heavy atom. The van der Waals surface area contributed by atoms with Gasteiger partial charge in [-0.15, -0.1) is 0 Å². The number of ether oxygens (including phenoxy) is 1. The molecule has 0 fully saturated rings. The number of rotatable bonds is 6. The molecular weight excluding hydrogens is 625 g/mol. The van der Waals surface area contributed by atoms with Crippen molar-refractivity contribution in [2.45, 2.75) is 0 Å². The molecule has 1 radical (unpaired) electrons. The van der Waals surface area contributed by atoms with Crippen LogP contribution in [0.2, 0.25) is 0 Å². The van der Waals surface area contributed by atoms with Gasteiger partial charge < -0.3 is 0 Å². The molecule has 0 saturated heterocycles. The first-order valence-corrected chi connectivity index (χ1v) is 18.6. The van der Waals surface area contributed by atoms with E-state index in [0.29, 0.717) is 0 Å². The van der Waals surface area contributed by atoms with E-state index in [9.17, 15) is 0 Å². The fourth-order valence-corrected chi connectivity index (χ4v) is 11.5. The van der Waals surface area contributed by atoms with Crippen LogP contribution in [0.25, 0.3) is 50.5 Å². The molecule has 8 aromatic rings.